The van der Waals surface area contributed by atoms with Crippen molar-refractivity contribution >= 4 is 11.8 Å². The lowest BCUT2D eigenvalue weighted by Crippen LogP contribution is -2.40. The first-order valence-electron chi connectivity index (χ1n) is 4.25. The van der Waals surface area contributed by atoms with Crippen LogP contribution in [0.2, 0.25) is 0 Å². The minimum Gasteiger partial charge on any atom is -0.348 e. The predicted octanol–water partition coefficient (Wildman–Crippen LogP) is 0.733. The molecule has 10 heteroatoms. The van der Waals surface area contributed by atoms with Gasteiger partial charge >= 0.3 is 24.2 Å². The van der Waals surface area contributed by atoms with Crippen molar-refractivity contribution in [2.24, 2.45) is 0 Å². The highest BCUT2D eigenvalue weighted by molar-refractivity contribution is 5.82. The molecule has 17 heavy (non-hydrogen) atoms. The summed E-state index contributed by atoms with van der Waals surface area (Å²) in [7, 11) is 0. The van der Waals surface area contributed by atoms with E-state index in [4.69, 9.17) is 0 Å². The molecule has 0 saturated carbocycles. The van der Waals surface area contributed by atoms with Crippen molar-refractivity contribution in [3.8, 4) is 0 Å². The van der Waals surface area contributed by atoms with Gasteiger partial charge in [-0.15, -0.1) is 0 Å². The highest BCUT2D eigenvalue weighted by atomic mass is 19.4. The van der Waals surface area contributed by atoms with Gasteiger partial charge in [0.05, 0.1) is 0 Å². The third-order valence-electron chi connectivity index (χ3n) is 1.44. The largest absolute Gasteiger partial charge is 0.471 e. The molecule has 0 radical (unpaired) electrons. The number of hydrogen-bond acceptors (Lipinski definition) is 2. The number of rotatable bonds is 4. The van der Waals surface area contributed by atoms with Gasteiger partial charge in [0.1, 0.15) is 0 Å². The van der Waals surface area contributed by atoms with Crippen molar-refractivity contribution in [2.45, 2.75) is 18.8 Å². The molecule has 0 aromatic heterocycles. The van der Waals surface area contributed by atoms with E-state index >= 15 is 0 Å². The summed E-state index contributed by atoms with van der Waals surface area (Å²) in [4.78, 5) is 20.4. The zero-order valence-corrected chi connectivity index (χ0v) is 8.21. The Labute approximate surface area is 91.3 Å². The molecule has 2 N–H and O–H groups in total. The van der Waals surface area contributed by atoms with Gasteiger partial charge in [-0.3, -0.25) is 9.59 Å². The molecule has 0 spiro atoms. The lowest BCUT2D eigenvalue weighted by Gasteiger charge is -2.09. The number of nitrogens with one attached hydrogen (secondary N) is 2. The first kappa shape index (κ1) is 15.5. The van der Waals surface area contributed by atoms with Crippen LogP contribution < -0.4 is 10.6 Å². The van der Waals surface area contributed by atoms with Crippen LogP contribution in [0.3, 0.4) is 0 Å². The molecule has 0 aliphatic rings. The zero-order chi connectivity index (χ0) is 13.7. The van der Waals surface area contributed by atoms with Gasteiger partial charge in [-0.05, 0) is 6.42 Å². The third-order valence-corrected chi connectivity index (χ3v) is 1.44. The van der Waals surface area contributed by atoms with Crippen LogP contribution in [0.4, 0.5) is 26.3 Å². The molecule has 0 rings (SSSR count). The van der Waals surface area contributed by atoms with E-state index < -0.39 is 37.3 Å². The van der Waals surface area contributed by atoms with Crippen molar-refractivity contribution < 1.29 is 35.9 Å². The van der Waals surface area contributed by atoms with Gasteiger partial charge in [0.15, 0.2) is 0 Å². The molecule has 0 bridgehead atoms. The van der Waals surface area contributed by atoms with Crippen LogP contribution in [-0.2, 0) is 9.59 Å². The van der Waals surface area contributed by atoms with Gasteiger partial charge < -0.3 is 10.6 Å². The highest BCUT2D eigenvalue weighted by Gasteiger charge is 2.39. The summed E-state index contributed by atoms with van der Waals surface area (Å²) >= 11 is 0. The lowest BCUT2D eigenvalue weighted by molar-refractivity contribution is -0.174. The molecule has 0 saturated heterocycles. The molecule has 0 atom stereocenters. The number of carbonyl (C=O) groups excluding carboxylic acids is 2. The summed E-state index contributed by atoms with van der Waals surface area (Å²) in [5.74, 6) is -4.36. The first-order chi connectivity index (χ1) is 7.55. The van der Waals surface area contributed by atoms with Crippen molar-refractivity contribution in [3.63, 3.8) is 0 Å². The average molecular weight is 266 g/mol. The van der Waals surface area contributed by atoms with Crippen LogP contribution in [0.5, 0.6) is 0 Å². The monoisotopic (exact) mass is 266 g/mol. The van der Waals surface area contributed by atoms with Gasteiger partial charge in [0.25, 0.3) is 0 Å². The van der Waals surface area contributed by atoms with E-state index in [1.165, 1.54) is 10.6 Å². The number of alkyl halides is 6. The Kier molecular flexibility index (Phi) is 5.23. The topological polar surface area (TPSA) is 58.2 Å². The Morgan fingerprint density at radius 3 is 1.29 bits per heavy atom. The Balaban J connectivity index is 3.68. The van der Waals surface area contributed by atoms with Gasteiger partial charge in [-0.2, -0.15) is 26.3 Å². The van der Waals surface area contributed by atoms with Gasteiger partial charge in [-0.1, -0.05) is 0 Å². The Morgan fingerprint density at radius 2 is 1.06 bits per heavy atom. The molecule has 0 heterocycles. The molecule has 4 nitrogen and oxygen atoms in total. The number of hydrogen-bond donors (Lipinski definition) is 2. The average Bonchev–Trinajstić information content (AvgIpc) is 2.13. The molecule has 2 amide bonds. The minimum absolute atomic E-state index is 0.246. The van der Waals surface area contributed by atoms with Crippen molar-refractivity contribution in [1.82, 2.24) is 10.6 Å². The first-order valence-corrected chi connectivity index (χ1v) is 4.25. The van der Waals surface area contributed by atoms with Crippen LogP contribution in [0.15, 0.2) is 0 Å². The van der Waals surface area contributed by atoms with Crippen molar-refractivity contribution in [3.05, 3.63) is 0 Å². The van der Waals surface area contributed by atoms with Crippen LogP contribution in [-0.4, -0.2) is 37.3 Å². The van der Waals surface area contributed by atoms with E-state index in [9.17, 15) is 35.9 Å². The smallest absolute Gasteiger partial charge is 0.348 e. The van der Waals surface area contributed by atoms with E-state index in [2.05, 4.69) is 0 Å². The number of halogens is 6. The molecule has 0 fully saturated rings. The summed E-state index contributed by atoms with van der Waals surface area (Å²) in [5.41, 5.74) is 0. The number of carbonyl (C=O) groups is 2. The van der Waals surface area contributed by atoms with Crippen LogP contribution in [0.25, 0.3) is 0 Å². The van der Waals surface area contributed by atoms with E-state index in [0.29, 0.717) is 0 Å². The highest BCUT2D eigenvalue weighted by Crippen LogP contribution is 2.14. The predicted molar refractivity (Wildman–Crippen MR) is 42.7 cm³/mol. The van der Waals surface area contributed by atoms with Gasteiger partial charge in [0.2, 0.25) is 0 Å². The summed E-state index contributed by atoms with van der Waals surface area (Å²) in [6.45, 7) is -0.979. The Bertz CT molecular complexity index is 257. The molecular weight excluding hydrogens is 258 g/mol. The maximum atomic E-state index is 11.6. The zero-order valence-electron chi connectivity index (χ0n) is 8.21. The second kappa shape index (κ2) is 5.73. The molecule has 100 valence electrons. The molecule has 0 unspecified atom stereocenters. The van der Waals surface area contributed by atoms with Crippen LogP contribution >= 0.6 is 0 Å². The maximum absolute atomic E-state index is 11.6. The van der Waals surface area contributed by atoms with Gasteiger partial charge in [0, 0.05) is 13.1 Å². The summed E-state index contributed by atoms with van der Waals surface area (Å²) < 4.78 is 69.7. The van der Waals surface area contributed by atoms with Crippen molar-refractivity contribution in [2.75, 3.05) is 13.1 Å². The summed E-state index contributed by atoms with van der Waals surface area (Å²) in [5, 5.41) is 2.88. The second-order valence-electron chi connectivity index (χ2n) is 2.86. The normalized spacial score (nSPS) is 12.1. The van der Waals surface area contributed by atoms with Crippen LogP contribution in [0.1, 0.15) is 6.42 Å². The van der Waals surface area contributed by atoms with E-state index in [-0.39, 0.29) is 6.42 Å². The minimum atomic E-state index is -5.03. The standard InChI is InChI=1S/C7H8F6N2O2/c8-6(9,10)4(16)14-2-1-3-15-5(17)7(11,12)13/h1-3H2,(H,14,16)(H,15,17). The quantitative estimate of drug-likeness (QED) is 0.582. The maximum Gasteiger partial charge on any atom is 0.471 e. The lowest BCUT2D eigenvalue weighted by atomic mass is 10.4. The molecule has 0 aliphatic carbocycles. The third kappa shape index (κ3) is 6.64. The van der Waals surface area contributed by atoms with Gasteiger partial charge in [-0.25, -0.2) is 0 Å². The fraction of sp³-hybridized carbons (Fsp3) is 0.714. The SMILES string of the molecule is O=C(NCCCNC(=O)C(F)(F)F)C(F)(F)F. The summed E-state index contributed by atoms with van der Waals surface area (Å²) in [6, 6.07) is 0. The molecule has 0 aromatic carbocycles. The second-order valence-corrected chi connectivity index (χ2v) is 2.86. The summed E-state index contributed by atoms with van der Waals surface area (Å²) in [6.07, 6.45) is -10.3. The fourth-order valence-corrected chi connectivity index (χ4v) is 0.693. The van der Waals surface area contributed by atoms with E-state index in [0.717, 1.165) is 0 Å². The van der Waals surface area contributed by atoms with Crippen LogP contribution in [0, 0.1) is 0 Å². The van der Waals surface area contributed by atoms with E-state index in [1.54, 1.807) is 0 Å². The fourth-order valence-electron chi connectivity index (χ4n) is 0.693. The molecular formula is C7H8F6N2O2. The van der Waals surface area contributed by atoms with E-state index in [1.807, 2.05) is 0 Å². The Hall–Kier alpha value is -1.48. The van der Waals surface area contributed by atoms with Crippen molar-refractivity contribution in [1.29, 1.82) is 0 Å². The molecule has 0 aliphatic heterocycles. The molecule has 0 aromatic rings. The Morgan fingerprint density at radius 1 is 0.765 bits per heavy atom. The number of amides is 2.